The Hall–Kier alpha value is -3.03. The summed E-state index contributed by atoms with van der Waals surface area (Å²) in [5.74, 6) is -0.0681. The molecule has 0 saturated heterocycles. The van der Waals surface area contributed by atoms with Gasteiger partial charge in [0.2, 0.25) is 11.6 Å². The molecule has 1 aromatic heterocycles. The normalized spacial score (nSPS) is 9.89. The molecule has 2 aromatic rings. The van der Waals surface area contributed by atoms with Gasteiger partial charge < -0.3 is 10.5 Å². The molecular formula is C11H9N5O3. The number of aromatic nitrogens is 2. The van der Waals surface area contributed by atoms with E-state index >= 15 is 0 Å². The second kappa shape index (κ2) is 5.08. The summed E-state index contributed by atoms with van der Waals surface area (Å²) in [5, 5.41) is 18.0. The first kappa shape index (κ1) is 12.4. The van der Waals surface area contributed by atoms with E-state index < -0.39 is 4.92 Å². The number of nitrogens with two attached hydrogens (primary N) is 1. The molecule has 0 aliphatic rings. The molecule has 0 fully saturated rings. The Morgan fingerprint density at radius 2 is 2.05 bits per heavy atom. The molecule has 0 radical (unpaired) electrons. The van der Waals surface area contributed by atoms with Gasteiger partial charge in [-0.1, -0.05) is 12.1 Å². The third kappa shape index (κ3) is 2.80. The van der Waals surface area contributed by atoms with Crippen LogP contribution in [0.3, 0.4) is 0 Å². The van der Waals surface area contributed by atoms with Crippen molar-refractivity contribution in [2.45, 2.75) is 0 Å². The fourth-order valence-corrected chi connectivity index (χ4v) is 1.31. The third-order valence-corrected chi connectivity index (χ3v) is 2.18. The van der Waals surface area contributed by atoms with Crippen LogP contribution in [0, 0.1) is 15.5 Å². The second-order valence-corrected chi connectivity index (χ2v) is 3.48. The zero-order valence-corrected chi connectivity index (χ0v) is 9.61. The predicted molar refractivity (Wildman–Crippen MR) is 66.2 cm³/mol. The van der Waals surface area contributed by atoms with E-state index in [1.54, 1.807) is 6.07 Å². The summed E-state index contributed by atoms with van der Waals surface area (Å²) in [7, 11) is 0. The van der Waals surface area contributed by atoms with Crippen LogP contribution in [-0.2, 0) is 0 Å². The number of para-hydroxylation sites is 2. The molecule has 0 aliphatic heterocycles. The molecule has 0 saturated carbocycles. The lowest BCUT2D eigenvalue weighted by Gasteiger charge is -2.05. The van der Waals surface area contributed by atoms with Gasteiger partial charge in [0.25, 0.3) is 0 Å². The fraction of sp³-hybridized carbons (Fsp3) is 0. The van der Waals surface area contributed by atoms with Gasteiger partial charge in [-0.15, -0.1) is 0 Å². The van der Waals surface area contributed by atoms with Gasteiger partial charge in [-0.05, 0) is 6.07 Å². The molecule has 1 aromatic carbocycles. The highest BCUT2D eigenvalue weighted by molar-refractivity contribution is 5.92. The first-order chi connectivity index (χ1) is 9.08. The van der Waals surface area contributed by atoms with Crippen LogP contribution in [0.2, 0.25) is 0 Å². The minimum absolute atomic E-state index is 0.0670. The molecule has 0 amide bonds. The quantitative estimate of drug-likeness (QED) is 0.370. The lowest BCUT2D eigenvalue weighted by atomic mass is 10.3. The van der Waals surface area contributed by atoms with Crippen LogP contribution in [0.25, 0.3) is 0 Å². The Labute approximate surface area is 107 Å². The van der Waals surface area contributed by atoms with Crippen molar-refractivity contribution >= 4 is 11.5 Å². The van der Waals surface area contributed by atoms with Gasteiger partial charge in [0, 0.05) is 6.07 Å². The molecule has 8 nitrogen and oxygen atoms in total. The predicted octanol–water partition coefficient (Wildman–Crippen LogP) is 1.46. The van der Waals surface area contributed by atoms with Gasteiger partial charge in [0.05, 0.1) is 17.3 Å². The van der Waals surface area contributed by atoms with Gasteiger partial charge in [-0.2, -0.15) is 0 Å². The Morgan fingerprint density at radius 3 is 2.63 bits per heavy atom. The minimum atomic E-state index is -0.549. The van der Waals surface area contributed by atoms with Crippen molar-refractivity contribution in [1.82, 2.24) is 9.97 Å². The number of amidine groups is 1. The third-order valence-electron chi connectivity index (χ3n) is 2.18. The zero-order chi connectivity index (χ0) is 13.8. The van der Waals surface area contributed by atoms with Crippen molar-refractivity contribution < 1.29 is 9.66 Å². The summed E-state index contributed by atoms with van der Waals surface area (Å²) in [6.07, 6.45) is 2.50. The van der Waals surface area contributed by atoms with Gasteiger partial charge in [-0.25, -0.2) is 9.97 Å². The summed E-state index contributed by atoms with van der Waals surface area (Å²) < 4.78 is 5.28. The zero-order valence-electron chi connectivity index (χ0n) is 9.61. The SMILES string of the molecule is N=C(N)c1cnc(Oc2ccccc2[N+](=O)[O-])cn1. The van der Waals surface area contributed by atoms with E-state index in [0.717, 1.165) is 0 Å². The Bertz CT molecular complexity index is 626. The summed E-state index contributed by atoms with van der Waals surface area (Å²) in [5.41, 5.74) is 5.27. The maximum Gasteiger partial charge on any atom is 0.311 e. The lowest BCUT2D eigenvalue weighted by molar-refractivity contribution is -0.385. The van der Waals surface area contributed by atoms with E-state index in [0.29, 0.717) is 0 Å². The number of ether oxygens (including phenoxy) is 1. The highest BCUT2D eigenvalue weighted by atomic mass is 16.6. The summed E-state index contributed by atoms with van der Waals surface area (Å²) in [6.45, 7) is 0. The van der Waals surface area contributed by atoms with E-state index in [4.69, 9.17) is 15.9 Å². The molecule has 0 unspecified atom stereocenters. The molecule has 1 heterocycles. The van der Waals surface area contributed by atoms with Gasteiger partial charge in [0.1, 0.15) is 11.5 Å². The second-order valence-electron chi connectivity index (χ2n) is 3.48. The number of nitrogen functional groups attached to an aromatic ring is 1. The molecule has 8 heteroatoms. The van der Waals surface area contributed by atoms with Crippen LogP contribution >= 0.6 is 0 Å². The standard InChI is InChI=1S/C11H9N5O3/c12-11(13)7-5-15-10(6-14-7)19-9-4-2-1-3-8(9)16(17)18/h1-6H,(H3,12,13). The van der Waals surface area contributed by atoms with Crippen molar-refractivity contribution in [3.63, 3.8) is 0 Å². The topological polar surface area (TPSA) is 128 Å². The van der Waals surface area contributed by atoms with Crippen LogP contribution in [-0.4, -0.2) is 20.7 Å². The number of nitro benzene ring substituents is 1. The number of rotatable bonds is 4. The van der Waals surface area contributed by atoms with Crippen molar-refractivity contribution in [1.29, 1.82) is 5.41 Å². The molecular weight excluding hydrogens is 250 g/mol. The van der Waals surface area contributed by atoms with Gasteiger partial charge in [0.15, 0.2) is 0 Å². The number of nitro groups is 1. The summed E-state index contributed by atoms with van der Waals surface area (Å²) >= 11 is 0. The highest BCUT2D eigenvalue weighted by Crippen LogP contribution is 2.29. The lowest BCUT2D eigenvalue weighted by Crippen LogP contribution is -2.13. The van der Waals surface area contributed by atoms with Crippen LogP contribution in [0.1, 0.15) is 5.69 Å². The van der Waals surface area contributed by atoms with E-state index in [1.165, 1.54) is 30.6 Å². The first-order valence-corrected chi connectivity index (χ1v) is 5.15. The van der Waals surface area contributed by atoms with Crippen LogP contribution in [0.4, 0.5) is 5.69 Å². The van der Waals surface area contributed by atoms with Crippen molar-refractivity contribution in [2.75, 3.05) is 0 Å². The monoisotopic (exact) mass is 259 g/mol. The average Bonchev–Trinajstić information content (AvgIpc) is 2.39. The molecule has 0 atom stereocenters. The van der Waals surface area contributed by atoms with Crippen molar-refractivity contribution in [2.24, 2.45) is 5.73 Å². The van der Waals surface area contributed by atoms with E-state index in [9.17, 15) is 10.1 Å². The van der Waals surface area contributed by atoms with Crippen molar-refractivity contribution in [3.05, 3.63) is 52.5 Å². The number of hydrogen-bond acceptors (Lipinski definition) is 6. The molecule has 19 heavy (non-hydrogen) atoms. The average molecular weight is 259 g/mol. The molecule has 3 N–H and O–H groups in total. The molecule has 0 spiro atoms. The maximum absolute atomic E-state index is 10.8. The first-order valence-electron chi connectivity index (χ1n) is 5.15. The minimum Gasteiger partial charge on any atom is -0.430 e. The number of nitrogens with zero attached hydrogens (tertiary/aromatic N) is 3. The Kier molecular flexibility index (Phi) is 3.33. The Balaban J connectivity index is 2.26. The fourth-order valence-electron chi connectivity index (χ4n) is 1.31. The summed E-state index contributed by atoms with van der Waals surface area (Å²) in [4.78, 5) is 18.0. The van der Waals surface area contributed by atoms with E-state index in [2.05, 4.69) is 9.97 Å². The van der Waals surface area contributed by atoms with Crippen LogP contribution in [0.5, 0.6) is 11.6 Å². The molecule has 2 rings (SSSR count). The van der Waals surface area contributed by atoms with Crippen LogP contribution in [0.15, 0.2) is 36.7 Å². The number of benzene rings is 1. The smallest absolute Gasteiger partial charge is 0.311 e. The number of nitrogens with one attached hydrogen (secondary N) is 1. The molecule has 96 valence electrons. The van der Waals surface area contributed by atoms with Gasteiger partial charge >= 0.3 is 5.69 Å². The molecule has 0 bridgehead atoms. The summed E-state index contributed by atoms with van der Waals surface area (Å²) in [6, 6.07) is 5.93. The van der Waals surface area contributed by atoms with Crippen molar-refractivity contribution in [3.8, 4) is 11.6 Å². The largest absolute Gasteiger partial charge is 0.430 e. The highest BCUT2D eigenvalue weighted by Gasteiger charge is 2.15. The van der Waals surface area contributed by atoms with E-state index in [1.807, 2.05) is 0 Å². The van der Waals surface area contributed by atoms with Crippen LogP contribution < -0.4 is 10.5 Å². The van der Waals surface area contributed by atoms with E-state index in [-0.39, 0.29) is 28.8 Å². The number of hydrogen-bond donors (Lipinski definition) is 2. The Morgan fingerprint density at radius 1 is 1.32 bits per heavy atom. The van der Waals surface area contributed by atoms with Gasteiger partial charge in [-0.3, -0.25) is 15.5 Å². The molecule has 0 aliphatic carbocycles. The maximum atomic E-state index is 10.8.